The third-order valence-electron chi connectivity index (χ3n) is 2.22. The minimum atomic E-state index is 0.221. The number of aromatic nitrogens is 1. The van der Waals surface area contributed by atoms with E-state index in [4.69, 9.17) is 5.73 Å². The van der Waals surface area contributed by atoms with Gasteiger partial charge in [0.1, 0.15) is 7.85 Å². The third kappa shape index (κ3) is 1.60. The number of nitrogens with two attached hydrogens (primary N) is 1. The van der Waals surface area contributed by atoms with E-state index < -0.39 is 0 Å². The van der Waals surface area contributed by atoms with Crippen molar-refractivity contribution < 1.29 is 0 Å². The second-order valence-electron chi connectivity index (χ2n) is 3.54. The van der Waals surface area contributed by atoms with Gasteiger partial charge in [0.05, 0.1) is 0 Å². The molecule has 0 radical (unpaired) electrons. The molecule has 66 valence electrons. The van der Waals surface area contributed by atoms with Crippen LogP contribution in [0.1, 0.15) is 5.56 Å². The van der Waals surface area contributed by atoms with Crippen molar-refractivity contribution in [1.82, 2.24) is 4.98 Å². The maximum atomic E-state index is 5.76. The summed E-state index contributed by atoms with van der Waals surface area (Å²) in [5, 5.41) is 1.29. The largest absolute Gasteiger partial charge is 0.361 e. The van der Waals surface area contributed by atoms with E-state index in [-0.39, 0.29) is 5.94 Å². The van der Waals surface area contributed by atoms with Gasteiger partial charge in [-0.2, -0.15) is 0 Å². The second-order valence-corrected chi connectivity index (χ2v) is 3.54. The Hall–Kier alpha value is -1.22. The molecule has 1 heterocycles. The van der Waals surface area contributed by atoms with Crippen LogP contribution in [0.15, 0.2) is 30.5 Å². The maximum absolute atomic E-state index is 5.76. The monoisotopic (exact) mass is 172 g/mol. The molecule has 1 aromatic carbocycles. The van der Waals surface area contributed by atoms with Crippen molar-refractivity contribution in [3.63, 3.8) is 0 Å². The lowest BCUT2D eigenvalue weighted by Crippen LogP contribution is -2.22. The zero-order chi connectivity index (χ0) is 9.26. The average molecular weight is 172 g/mol. The van der Waals surface area contributed by atoms with E-state index >= 15 is 0 Å². The lowest BCUT2D eigenvalue weighted by atomic mass is 9.91. The zero-order valence-electron chi connectivity index (χ0n) is 7.75. The highest BCUT2D eigenvalue weighted by molar-refractivity contribution is 6.11. The highest BCUT2D eigenvalue weighted by atomic mass is 14.7. The van der Waals surface area contributed by atoms with Gasteiger partial charge in [0.15, 0.2) is 0 Å². The summed E-state index contributed by atoms with van der Waals surface area (Å²) in [6.45, 7) is 0. The average Bonchev–Trinajstić information content (AvgIpc) is 2.48. The number of H-pyrrole nitrogens is 1. The quantitative estimate of drug-likeness (QED) is 0.641. The fraction of sp³-hybridized carbons (Fsp3) is 0.200. The lowest BCUT2D eigenvalue weighted by Gasteiger charge is -2.02. The molecule has 1 atom stereocenters. The highest BCUT2D eigenvalue weighted by Crippen LogP contribution is 2.18. The molecule has 0 saturated carbocycles. The van der Waals surface area contributed by atoms with Crippen LogP contribution < -0.4 is 5.73 Å². The molecule has 2 rings (SSSR count). The number of benzene rings is 1. The van der Waals surface area contributed by atoms with Crippen LogP contribution >= 0.6 is 0 Å². The van der Waals surface area contributed by atoms with Crippen molar-refractivity contribution in [2.75, 3.05) is 0 Å². The van der Waals surface area contributed by atoms with Gasteiger partial charge in [-0.25, -0.2) is 0 Å². The molecule has 0 aliphatic rings. The van der Waals surface area contributed by atoms with Crippen molar-refractivity contribution in [3.8, 4) is 0 Å². The van der Waals surface area contributed by atoms with Crippen LogP contribution in [0, 0.1) is 0 Å². The van der Waals surface area contributed by atoms with Gasteiger partial charge in [-0.05, 0) is 24.0 Å². The molecule has 0 amide bonds. The van der Waals surface area contributed by atoms with Gasteiger partial charge in [-0.1, -0.05) is 18.2 Å². The first-order valence-electron chi connectivity index (χ1n) is 4.58. The molecule has 2 aromatic rings. The Labute approximate surface area is 78.5 Å². The van der Waals surface area contributed by atoms with E-state index in [0.717, 1.165) is 6.42 Å². The summed E-state index contributed by atoms with van der Waals surface area (Å²) in [5.41, 5.74) is 8.26. The molecule has 2 nitrogen and oxygen atoms in total. The summed E-state index contributed by atoms with van der Waals surface area (Å²) in [5.74, 6) is 0.221. The Morgan fingerprint density at radius 1 is 1.38 bits per heavy atom. The lowest BCUT2D eigenvalue weighted by molar-refractivity contribution is 0.894. The molecule has 3 N–H and O–H groups in total. The molecule has 3 heteroatoms. The van der Waals surface area contributed by atoms with Crippen LogP contribution in [0.3, 0.4) is 0 Å². The highest BCUT2D eigenvalue weighted by Gasteiger charge is 2.04. The van der Waals surface area contributed by atoms with Crippen LogP contribution in [-0.4, -0.2) is 18.8 Å². The summed E-state index contributed by atoms with van der Waals surface area (Å²) >= 11 is 0. The van der Waals surface area contributed by atoms with Crippen LogP contribution in [0.4, 0.5) is 0 Å². The molecule has 0 aliphatic carbocycles. The third-order valence-corrected chi connectivity index (χ3v) is 2.22. The minimum Gasteiger partial charge on any atom is -0.361 e. The Balaban J connectivity index is 2.46. The number of hydrogen-bond acceptors (Lipinski definition) is 1. The topological polar surface area (TPSA) is 41.8 Å². The minimum absolute atomic E-state index is 0.221. The second kappa shape index (κ2) is 3.26. The van der Waals surface area contributed by atoms with E-state index in [1.807, 2.05) is 20.1 Å². The molecule has 13 heavy (non-hydrogen) atoms. The molecule has 0 bridgehead atoms. The summed E-state index contributed by atoms with van der Waals surface area (Å²) in [6.07, 6.45) is 2.98. The number of para-hydroxylation sites is 1. The van der Waals surface area contributed by atoms with Crippen molar-refractivity contribution in [2.45, 2.75) is 12.4 Å². The summed E-state index contributed by atoms with van der Waals surface area (Å²) in [7, 11) is 2.03. The van der Waals surface area contributed by atoms with E-state index in [1.54, 1.807) is 0 Å². The van der Waals surface area contributed by atoms with Gasteiger partial charge < -0.3 is 10.7 Å². The molecule has 1 aromatic heterocycles. The van der Waals surface area contributed by atoms with Gasteiger partial charge in [0.25, 0.3) is 0 Å². The Bertz CT molecular complexity index is 406. The predicted molar refractivity (Wildman–Crippen MR) is 58.5 cm³/mol. The molecule has 0 saturated heterocycles. The van der Waals surface area contributed by atoms with E-state index in [2.05, 4.69) is 23.2 Å². The number of hydrogen-bond donors (Lipinski definition) is 2. The Morgan fingerprint density at radius 3 is 2.92 bits per heavy atom. The predicted octanol–water partition coefficient (Wildman–Crippen LogP) is 0.628. The SMILES string of the molecule is BC(N)Cc1c[nH]c2ccccc12. The Kier molecular flexibility index (Phi) is 2.11. The van der Waals surface area contributed by atoms with Gasteiger partial charge in [-0.15, -0.1) is 0 Å². The smallest absolute Gasteiger partial charge is 0.123 e. The van der Waals surface area contributed by atoms with Gasteiger partial charge in [0, 0.05) is 17.1 Å². The van der Waals surface area contributed by atoms with Gasteiger partial charge in [-0.3, -0.25) is 0 Å². The van der Waals surface area contributed by atoms with Crippen molar-refractivity contribution in [1.29, 1.82) is 0 Å². The standard InChI is InChI=1S/C10H13BN2/c11-10(12)5-7-6-13-9-4-2-1-3-8(7)9/h1-4,6,10,13H,5,11-12H2. The summed E-state index contributed by atoms with van der Waals surface area (Å²) in [4.78, 5) is 3.24. The van der Waals surface area contributed by atoms with Crippen LogP contribution in [0.5, 0.6) is 0 Å². The van der Waals surface area contributed by atoms with E-state index in [0.29, 0.717) is 0 Å². The molecular weight excluding hydrogens is 159 g/mol. The van der Waals surface area contributed by atoms with E-state index in [9.17, 15) is 0 Å². The summed E-state index contributed by atoms with van der Waals surface area (Å²) in [6, 6.07) is 8.30. The first-order valence-corrected chi connectivity index (χ1v) is 4.58. The summed E-state index contributed by atoms with van der Waals surface area (Å²) < 4.78 is 0. The molecule has 0 aliphatic heterocycles. The first kappa shape index (κ1) is 8.39. The first-order chi connectivity index (χ1) is 6.27. The molecule has 0 spiro atoms. The van der Waals surface area contributed by atoms with Crippen molar-refractivity contribution in [2.24, 2.45) is 5.73 Å². The molecular formula is C10H13BN2. The van der Waals surface area contributed by atoms with Crippen molar-refractivity contribution >= 4 is 18.7 Å². The number of fused-ring (bicyclic) bond motifs is 1. The Morgan fingerprint density at radius 2 is 2.15 bits per heavy atom. The maximum Gasteiger partial charge on any atom is 0.123 e. The molecule has 1 unspecified atom stereocenters. The fourth-order valence-corrected chi connectivity index (χ4v) is 1.65. The van der Waals surface area contributed by atoms with Crippen LogP contribution in [0.25, 0.3) is 10.9 Å². The van der Waals surface area contributed by atoms with Crippen LogP contribution in [0.2, 0.25) is 0 Å². The molecule has 0 fully saturated rings. The number of aromatic amines is 1. The van der Waals surface area contributed by atoms with Gasteiger partial charge in [0.2, 0.25) is 0 Å². The van der Waals surface area contributed by atoms with E-state index in [1.165, 1.54) is 16.5 Å². The number of nitrogens with one attached hydrogen (secondary N) is 1. The van der Waals surface area contributed by atoms with Crippen molar-refractivity contribution in [3.05, 3.63) is 36.0 Å². The fourth-order valence-electron chi connectivity index (χ4n) is 1.65. The zero-order valence-corrected chi connectivity index (χ0v) is 7.75. The van der Waals surface area contributed by atoms with Gasteiger partial charge >= 0.3 is 0 Å². The van der Waals surface area contributed by atoms with Crippen LogP contribution in [-0.2, 0) is 6.42 Å². The number of rotatable bonds is 2. The normalized spacial score (nSPS) is 13.3.